The first-order chi connectivity index (χ1) is 15.6. The quantitative estimate of drug-likeness (QED) is 0.521. The van der Waals surface area contributed by atoms with Gasteiger partial charge in [0.15, 0.2) is 0 Å². The molecule has 2 aromatic rings. The molecular weight excluding hydrogens is 454 g/mol. The third-order valence-corrected chi connectivity index (χ3v) is 6.52. The zero-order valence-corrected chi connectivity index (χ0v) is 19.1. The van der Waals surface area contributed by atoms with Gasteiger partial charge in [0.25, 0.3) is 0 Å². The van der Waals surface area contributed by atoms with Gasteiger partial charge in [-0.15, -0.1) is 0 Å². The lowest BCUT2D eigenvalue weighted by molar-refractivity contribution is -0.127. The second-order valence-corrected chi connectivity index (χ2v) is 9.32. The first-order valence-corrected chi connectivity index (χ1v) is 12.1. The van der Waals surface area contributed by atoms with E-state index in [1.54, 1.807) is 19.1 Å². The van der Waals surface area contributed by atoms with Crippen LogP contribution in [0.1, 0.15) is 32.3 Å². The van der Waals surface area contributed by atoms with Gasteiger partial charge in [-0.25, -0.2) is 4.39 Å². The van der Waals surface area contributed by atoms with Gasteiger partial charge in [0.1, 0.15) is 17.1 Å². The van der Waals surface area contributed by atoms with Gasteiger partial charge >= 0.3 is 10.5 Å². The molecule has 2 aliphatic heterocycles. The molecule has 1 saturated heterocycles. The molecule has 2 aromatic carbocycles. The molecule has 2 atom stereocenters. The average molecular weight is 481 g/mol. The summed E-state index contributed by atoms with van der Waals surface area (Å²) in [4.78, 5) is 15.2. The van der Waals surface area contributed by atoms with Crippen molar-refractivity contribution in [3.05, 3.63) is 47.8 Å². The number of halogens is 2. The van der Waals surface area contributed by atoms with E-state index in [4.69, 9.17) is 0 Å². The topological polar surface area (TPSA) is 99.8 Å². The van der Waals surface area contributed by atoms with E-state index in [1.807, 2.05) is 11.8 Å². The highest BCUT2D eigenvalue weighted by atomic mass is 32.3. The maximum absolute atomic E-state index is 14.4. The van der Waals surface area contributed by atoms with Crippen molar-refractivity contribution in [2.75, 3.05) is 35.6 Å². The van der Waals surface area contributed by atoms with E-state index in [9.17, 15) is 21.5 Å². The van der Waals surface area contributed by atoms with Crippen LogP contribution in [0.4, 0.5) is 25.3 Å². The van der Waals surface area contributed by atoms with Crippen molar-refractivity contribution in [1.82, 2.24) is 4.90 Å². The Morgan fingerprint density at radius 1 is 1.30 bits per heavy atom. The number of benzene rings is 2. The molecule has 0 aromatic heterocycles. The minimum Gasteiger partial charge on any atom is -0.384 e. The number of piperidine rings is 1. The SMILES string of the molecule is CCNc1cc(F)cc2c1NC(=O)C2(C)N1CCC[C@@H](Nc2cccc(OS(=O)(=O)F)c2)C1. The number of rotatable bonds is 7. The summed E-state index contributed by atoms with van der Waals surface area (Å²) in [6, 6.07) is 8.71. The number of nitrogens with zero attached hydrogens (tertiary/aromatic N) is 1. The van der Waals surface area contributed by atoms with Crippen LogP contribution in [0, 0.1) is 5.82 Å². The van der Waals surface area contributed by atoms with E-state index in [0.29, 0.717) is 42.3 Å². The smallest absolute Gasteiger partial charge is 0.384 e. The van der Waals surface area contributed by atoms with Crippen molar-refractivity contribution >= 4 is 33.5 Å². The zero-order valence-electron chi connectivity index (χ0n) is 18.3. The minimum atomic E-state index is -5.12. The molecular formula is C22H26F2N4O4S. The molecule has 2 aliphatic rings. The minimum absolute atomic E-state index is 0.0774. The lowest BCUT2D eigenvalue weighted by Crippen LogP contribution is -2.55. The fourth-order valence-corrected chi connectivity index (χ4v) is 4.95. The van der Waals surface area contributed by atoms with Gasteiger partial charge in [0.05, 0.1) is 11.4 Å². The molecule has 11 heteroatoms. The number of nitrogens with one attached hydrogen (secondary N) is 3. The number of carbonyl (C=O) groups is 1. The van der Waals surface area contributed by atoms with Crippen LogP contribution in [0.5, 0.6) is 5.75 Å². The van der Waals surface area contributed by atoms with Gasteiger partial charge in [-0.1, -0.05) is 9.95 Å². The molecule has 1 unspecified atom stereocenters. The first kappa shape index (κ1) is 23.2. The van der Waals surface area contributed by atoms with Crippen molar-refractivity contribution < 1.29 is 25.7 Å². The van der Waals surface area contributed by atoms with Gasteiger partial charge in [-0.05, 0) is 57.5 Å². The van der Waals surface area contributed by atoms with E-state index < -0.39 is 21.9 Å². The third kappa shape index (κ3) is 4.74. The highest BCUT2D eigenvalue weighted by Gasteiger charge is 2.49. The number of anilines is 3. The molecule has 4 rings (SSSR count). The highest BCUT2D eigenvalue weighted by molar-refractivity contribution is 7.81. The van der Waals surface area contributed by atoms with E-state index in [2.05, 4.69) is 20.1 Å². The summed E-state index contributed by atoms with van der Waals surface area (Å²) in [7, 11) is -5.12. The number of fused-ring (bicyclic) bond motifs is 1. The Morgan fingerprint density at radius 3 is 2.82 bits per heavy atom. The summed E-state index contributed by atoms with van der Waals surface area (Å²) in [5.74, 6) is -0.775. The Balaban J connectivity index is 1.56. The number of likely N-dealkylation sites (tertiary alicyclic amines) is 1. The zero-order chi connectivity index (χ0) is 23.8. The summed E-state index contributed by atoms with van der Waals surface area (Å²) in [6.07, 6.45) is 1.60. The number of hydrogen-bond donors (Lipinski definition) is 3. The predicted molar refractivity (Wildman–Crippen MR) is 122 cm³/mol. The monoisotopic (exact) mass is 480 g/mol. The number of amides is 1. The fraction of sp³-hybridized carbons (Fsp3) is 0.409. The predicted octanol–water partition coefficient (Wildman–Crippen LogP) is 3.59. The largest absolute Gasteiger partial charge is 0.488 e. The van der Waals surface area contributed by atoms with Crippen LogP contribution >= 0.6 is 0 Å². The van der Waals surface area contributed by atoms with Crippen LogP contribution in [0.25, 0.3) is 0 Å². The van der Waals surface area contributed by atoms with Crippen LogP contribution in [-0.4, -0.2) is 44.9 Å². The van der Waals surface area contributed by atoms with Crippen LogP contribution in [0.15, 0.2) is 36.4 Å². The second-order valence-electron chi connectivity index (χ2n) is 8.37. The molecule has 1 amide bonds. The molecule has 178 valence electrons. The Kier molecular flexibility index (Phi) is 6.19. The summed E-state index contributed by atoms with van der Waals surface area (Å²) in [5.41, 5.74) is 1.25. The summed E-state index contributed by atoms with van der Waals surface area (Å²) >= 11 is 0. The highest BCUT2D eigenvalue weighted by Crippen LogP contribution is 2.45. The molecule has 3 N–H and O–H groups in total. The standard InChI is InChI=1S/C22H26F2N4O4S/c1-3-25-19-11-14(23)10-18-20(19)27-21(29)22(18,2)28-9-5-7-16(13-28)26-15-6-4-8-17(12-15)32-33(24,30)31/h4,6,8,10-12,16,25-26H,3,5,7,9,13H2,1-2H3,(H,27,29)/t16-,22?/m1/s1. The molecule has 0 aliphatic carbocycles. The van der Waals surface area contributed by atoms with E-state index in [-0.39, 0.29) is 17.7 Å². The molecule has 8 nitrogen and oxygen atoms in total. The third-order valence-electron chi connectivity index (χ3n) is 6.13. The lowest BCUT2D eigenvalue weighted by Gasteiger charge is -2.42. The maximum atomic E-state index is 14.4. The van der Waals surface area contributed by atoms with Gasteiger partial charge < -0.3 is 20.1 Å². The molecule has 0 saturated carbocycles. The Hall–Kier alpha value is -2.92. The van der Waals surface area contributed by atoms with Gasteiger partial charge in [-0.2, -0.15) is 8.42 Å². The maximum Gasteiger partial charge on any atom is 0.488 e. The van der Waals surface area contributed by atoms with E-state index in [0.717, 1.165) is 12.8 Å². The molecule has 0 spiro atoms. The van der Waals surface area contributed by atoms with Gasteiger partial charge in [0.2, 0.25) is 5.91 Å². The lowest BCUT2D eigenvalue weighted by atomic mass is 9.88. The molecule has 0 radical (unpaired) electrons. The fourth-order valence-electron chi connectivity index (χ4n) is 4.62. The van der Waals surface area contributed by atoms with Crippen molar-refractivity contribution in [2.45, 2.75) is 38.3 Å². The Morgan fingerprint density at radius 2 is 2.09 bits per heavy atom. The van der Waals surface area contributed by atoms with E-state index >= 15 is 0 Å². The second kappa shape index (κ2) is 8.79. The van der Waals surface area contributed by atoms with Crippen LogP contribution < -0.4 is 20.1 Å². The van der Waals surface area contributed by atoms with Crippen molar-refractivity contribution in [2.24, 2.45) is 0 Å². The average Bonchev–Trinajstić information content (AvgIpc) is 2.99. The summed E-state index contributed by atoms with van der Waals surface area (Å²) in [5, 5.41) is 9.33. The van der Waals surface area contributed by atoms with Crippen molar-refractivity contribution in [1.29, 1.82) is 0 Å². The Labute approximate surface area is 191 Å². The van der Waals surface area contributed by atoms with Crippen LogP contribution in [0.2, 0.25) is 0 Å². The summed E-state index contributed by atoms with van der Waals surface area (Å²) < 4.78 is 53.1. The van der Waals surface area contributed by atoms with Crippen LogP contribution in [-0.2, 0) is 20.8 Å². The van der Waals surface area contributed by atoms with Crippen molar-refractivity contribution in [3.8, 4) is 5.75 Å². The molecule has 1 fully saturated rings. The molecule has 0 bridgehead atoms. The van der Waals surface area contributed by atoms with Gasteiger partial charge in [0, 0.05) is 36.4 Å². The first-order valence-electron chi connectivity index (χ1n) is 10.7. The normalized spacial score (nSPS) is 23.0. The summed E-state index contributed by atoms with van der Waals surface area (Å²) in [6.45, 7) is 5.43. The van der Waals surface area contributed by atoms with Gasteiger partial charge in [-0.3, -0.25) is 9.69 Å². The number of carbonyl (C=O) groups excluding carboxylic acids is 1. The van der Waals surface area contributed by atoms with Crippen LogP contribution in [0.3, 0.4) is 0 Å². The van der Waals surface area contributed by atoms with Crippen molar-refractivity contribution in [3.63, 3.8) is 0 Å². The molecule has 33 heavy (non-hydrogen) atoms. The van der Waals surface area contributed by atoms with E-state index in [1.165, 1.54) is 24.3 Å². The Bertz CT molecular complexity index is 1180. The molecule has 2 heterocycles. The number of hydrogen-bond acceptors (Lipinski definition) is 7.